The van der Waals surface area contributed by atoms with Gasteiger partial charge in [0, 0.05) is 24.3 Å². The lowest BCUT2D eigenvalue weighted by molar-refractivity contribution is -0.115. The van der Waals surface area contributed by atoms with Crippen molar-refractivity contribution in [2.75, 3.05) is 19.6 Å². The number of nitrogens with one attached hydrogen (secondary N) is 3. The molecule has 0 saturated carbocycles. The van der Waals surface area contributed by atoms with E-state index in [0.717, 1.165) is 12.0 Å². The average molecular weight is 489 g/mol. The van der Waals surface area contributed by atoms with E-state index >= 15 is 0 Å². The van der Waals surface area contributed by atoms with Crippen molar-refractivity contribution in [3.8, 4) is 0 Å². The topological polar surface area (TPSA) is 124 Å². The zero-order chi connectivity index (χ0) is 24.0. The normalized spacial score (nSPS) is 15.2. The van der Waals surface area contributed by atoms with E-state index in [4.69, 9.17) is 34.5 Å². The van der Waals surface area contributed by atoms with Crippen molar-refractivity contribution < 1.29 is 9.59 Å². The molecule has 5 N–H and O–H groups in total. The molecular formula is C23H26Cl2N6O2. The zero-order valence-electron chi connectivity index (χ0n) is 18.1. The summed E-state index contributed by atoms with van der Waals surface area (Å²) in [6.07, 6.45) is 2.70. The number of hydrogen-bond acceptors (Lipinski definition) is 6. The van der Waals surface area contributed by atoms with Crippen LogP contribution in [0.2, 0.25) is 10.0 Å². The maximum absolute atomic E-state index is 12.6. The Hall–Kier alpha value is -2.78. The van der Waals surface area contributed by atoms with Gasteiger partial charge >= 0.3 is 0 Å². The molecule has 0 aliphatic carbocycles. The van der Waals surface area contributed by atoms with Crippen molar-refractivity contribution in [1.29, 1.82) is 5.41 Å². The van der Waals surface area contributed by atoms with Crippen LogP contribution in [-0.2, 0) is 11.2 Å². The molecule has 0 radical (unpaired) electrons. The van der Waals surface area contributed by atoms with E-state index in [-0.39, 0.29) is 48.9 Å². The number of halogens is 2. The summed E-state index contributed by atoms with van der Waals surface area (Å²) in [4.78, 5) is 29.0. The van der Waals surface area contributed by atoms with Gasteiger partial charge in [0.05, 0.1) is 23.2 Å². The first-order valence-corrected chi connectivity index (χ1v) is 11.3. The predicted molar refractivity (Wildman–Crippen MR) is 131 cm³/mol. The molecule has 2 amide bonds. The van der Waals surface area contributed by atoms with Gasteiger partial charge in [-0.3, -0.25) is 25.8 Å². The van der Waals surface area contributed by atoms with Gasteiger partial charge in [0.1, 0.15) is 11.8 Å². The predicted octanol–water partition coefficient (Wildman–Crippen LogP) is 2.79. The van der Waals surface area contributed by atoms with Crippen molar-refractivity contribution in [1.82, 2.24) is 15.6 Å². The summed E-state index contributed by atoms with van der Waals surface area (Å²) < 4.78 is 0. The monoisotopic (exact) mass is 488 g/mol. The number of rotatable bonds is 11. The molecule has 2 unspecified atom stereocenters. The first-order valence-electron chi connectivity index (χ1n) is 10.5. The summed E-state index contributed by atoms with van der Waals surface area (Å²) in [5.41, 5.74) is 2.22. The van der Waals surface area contributed by atoms with Gasteiger partial charge in [0.2, 0.25) is 0 Å². The third-order valence-corrected chi connectivity index (χ3v) is 5.75. The molecule has 33 heavy (non-hydrogen) atoms. The number of carbonyl (C=O) groups is 2. The molecular weight excluding hydrogens is 463 g/mol. The smallest absolute Gasteiger partial charge is 0.266 e. The Morgan fingerprint density at radius 1 is 1.21 bits per heavy atom. The number of hydrazine groups is 1. The molecule has 0 aromatic heterocycles. The van der Waals surface area contributed by atoms with Gasteiger partial charge in [-0.25, -0.2) is 5.01 Å². The fourth-order valence-corrected chi connectivity index (χ4v) is 3.59. The summed E-state index contributed by atoms with van der Waals surface area (Å²) in [6, 6.07) is 12.2. The number of benzene rings is 2. The van der Waals surface area contributed by atoms with Gasteiger partial charge in [-0.15, -0.1) is 0 Å². The Morgan fingerprint density at radius 2 is 1.91 bits per heavy atom. The fraction of sp³-hybridized carbons (Fsp3) is 0.304. The minimum absolute atomic E-state index is 0.0767. The fourth-order valence-electron chi connectivity index (χ4n) is 3.21. The number of hydrogen-bond donors (Lipinski definition) is 4. The van der Waals surface area contributed by atoms with E-state index in [2.05, 4.69) is 22.5 Å². The summed E-state index contributed by atoms with van der Waals surface area (Å²) in [7, 11) is 0. The van der Waals surface area contributed by atoms with Crippen molar-refractivity contribution in [3.63, 3.8) is 0 Å². The second-order valence-electron chi connectivity index (χ2n) is 7.66. The van der Waals surface area contributed by atoms with E-state index < -0.39 is 5.91 Å². The van der Waals surface area contributed by atoms with Gasteiger partial charge in [-0.1, -0.05) is 54.4 Å². The second-order valence-corrected chi connectivity index (χ2v) is 8.51. The lowest BCUT2D eigenvalue weighted by Crippen LogP contribution is -2.46. The SMILES string of the molecule is CCc1ccc(C(NC(=O)C(=N)CN(N)CCNC(=O)c2cc(Cl)ccc2Cl)C2C=N2)cc1. The number of amides is 2. The lowest BCUT2D eigenvalue weighted by Gasteiger charge is -2.20. The third kappa shape index (κ3) is 7.10. The molecule has 0 bridgehead atoms. The number of aliphatic imine (C=N–C) groups is 1. The van der Waals surface area contributed by atoms with Crippen LogP contribution < -0.4 is 16.5 Å². The van der Waals surface area contributed by atoms with Crippen LogP contribution in [0, 0.1) is 5.41 Å². The van der Waals surface area contributed by atoms with Gasteiger partial charge in [0.15, 0.2) is 0 Å². The molecule has 2 atom stereocenters. The highest BCUT2D eigenvalue weighted by molar-refractivity contribution is 6.38. The summed E-state index contributed by atoms with van der Waals surface area (Å²) in [5, 5.41) is 15.7. The Bertz CT molecular complexity index is 1050. The first-order chi connectivity index (χ1) is 15.8. The molecule has 1 heterocycles. The van der Waals surface area contributed by atoms with Crippen molar-refractivity contribution in [3.05, 3.63) is 69.2 Å². The Balaban J connectivity index is 1.46. The quantitative estimate of drug-likeness (QED) is 0.220. The van der Waals surface area contributed by atoms with Crippen LogP contribution in [0.15, 0.2) is 47.5 Å². The molecule has 0 saturated heterocycles. The summed E-state index contributed by atoms with van der Waals surface area (Å²) in [6.45, 7) is 2.44. The molecule has 10 heteroatoms. The molecule has 0 fully saturated rings. The first kappa shape index (κ1) is 24.9. The van der Waals surface area contributed by atoms with E-state index in [1.165, 1.54) is 16.6 Å². The Labute approximate surface area is 202 Å². The molecule has 0 spiro atoms. The highest BCUT2D eigenvalue weighted by Gasteiger charge is 2.30. The molecule has 2 aromatic carbocycles. The number of aryl methyl sites for hydroxylation is 1. The summed E-state index contributed by atoms with van der Waals surface area (Å²) in [5.74, 6) is 5.03. The Morgan fingerprint density at radius 3 is 2.55 bits per heavy atom. The van der Waals surface area contributed by atoms with Gasteiger partial charge < -0.3 is 10.6 Å². The van der Waals surface area contributed by atoms with Crippen LogP contribution in [0.3, 0.4) is 0 Å². The van der Waals surface area contributed by atoms with Gasteiger partial charge in [-0.05, 0) is 35.7 Å². The van der Waals surface area contributed by atoms with E-state index in [0.29, 0.717) is 10.0 Å². The summed E-state index contributed by atoms with van der Waals surface area (Å²) >= 11 is 11.9. The van der Waals surface area contributed by atoms with Crippen molar-refractivity contribution in [2.45, 2.75) is 25.4 Å². The van der Waals surface area contributed by atoms with Crippen LogP contribution in [0.5, 0.6) is 0 Å². The van der Waals surface area contributed by atoms with Crippen LogP contribution in [0.1, 0.15) is 34.5 Å². The van der Waals surface area contributed by atoms with Crippen LogP contribution in [0.25, 0.3) is 0 Å². The highest BCUT2D eigenvalue weighted by Crippen LogP contribution is 2.24. The highest BCUT2D eigenvalue weighted by atomic mass is 35.5. The molecule has 1 aliphatic heterocycles. The molecule has 174 valence electrons. The van der Waals surface area contributed by atoms with Crippen molar-refractivity contribution in [2.24, 2.45) is 10.8 Å². The maximum atomic E-state index is 12.6. The number of nitrogens with zero attached hydrogens (tertiary/aromatic N) is 2. The molecule has 8 nitrogen and oxygen atoms in total. The number of nitrogens with two attached hydrogens (primary N) is 1. The zero-order valence-corrected chi connectivity index (χ0v) is 19.7. The van der Waals surface area contributed by atoms with Crippen LogP contribution in [0.4, 0.5) is 0 Å². The Kier molecular flexibility index (Phi) is 8.57. The second kappa shape index (κ2) is 11.4. The van der Waals surface area contributed by atoms with Gasteiger partial charge in [-0.2, -0.15) is 0 Å². The van der Waals surface area contributed by atoms with E-state index in [1.54, 1.807) is 18.3 Å². The lowest BCUT2D eigenvalue weighted by atomic mass is 10.0. The van der Waals surface area contributed by atoms with Crippen molar-refractivity contribution >= 4 is 46.9 Å². The standard InChI is InChI=1S/C23H26Cl2N6O2/c1-2-14-3-5-15(6-4-14)21(20-12-29-20)30-23(33)19(26)13-31(27)10-9-28-22(32)17-11-16(24)7-8-18(17)25/h3-8,11-12,20-21,26H,2,9-10,13,27H2,1H3,(H,28,32)(H,30,33). The number of carbonyl (C=O) groups excluding carboxylic acids is 2. The minimum Gasteiger partial charge on any atom is -0.351 e. The maximum Gasteiger partial charge on any atom is 0.266 e. The minimum atomic E-state index is -0.514. The van der Waals surface area contributed by atoms with E-state index in [1.807, 2.05) is 24.3 Å². The molecule has 1 aliphatic rings. The largest absolute Gasteiger partial charge is 0.351 e. The van der Waals surface area contributed by atoms with E-state index in [9.17, 15) is 9.59 Å². The molecule has 3 rings (SSSR count). The van der Waals surface area contributed by atoms with Gasteiger partial charge in [0.25, 0.3) is 11.8 Å². The van der Waals surface area contributed by atoms with Crippen LogP contribution in [-0.4, -0.2) is 54.4 Å². The molecule has 2 aromatic rings. The third-order valence-electron chi connectivity index (χ3n) is 5.19. The average Bonchev–Trinajstić information content (AvgIpc) is 3.64. The van der Waals surface area contributed by atoms with Crippen LogP contribution >= 0.6 is 23.2 Å².